The van der Waals surface area contributed by atoms with E-state index in [1.165, 1.54) is 0 Å². The minimum atomic E-state index is -4.40. The summed E-state index contributed by atoms with van der Waals surface area (Å²) in [6.07, 6.45) is -4.40. The molecule has 2 nitrogen and oxygen atoms in total. The molecule has 0 heterocycles. The molecule has 0 saturated heterocycles. The van der Waals surface area contributed by atoms with Crippen LogP contribution in [0.4, 0.5) is 13.2 Å². The zero-order valence-electron chi connectivity index (χ0n) is 6.71. The van der Waals surface area contributed by atoms with Crippen LogP contribution in [0.5, 0.6) is 0 Å². The van der Waals surface area contributed by atoms with Crippen LogP contribution < -0.4 is 0 Å². The maximum atomic E-state index is 12.1. The number of hydrogen-bond acceptors (Lipinski definition) is 3. The molecule has 0 aliphatic carbocycles. The van der Waals surface area contributed by atoms with E-state index < -0.39 is 17.7 Å². The van der Waals surface area contributed by atoms with E-state index in [0.29, 0.717) is 0 Å². The van der Waals surface area contributed by atoms with Gasteiger partial charge in [0.15, 0.2) is 0 Å². The van der Waals surface area contributed by atoms with Crippen molar-refractivity contribution in [2.24, 2.45) is 0 Å². The van der Waals surface area contributed by atoms with Gasteiger partial charge in [-0.05, 0) is 24.3 Å². The molecule has 0 unspecified atom stereocenters. The fourth-order valence-electron chi connectivity index (χ4n) is 0.848. The molecular weight excluding hydrogens is 217 g/mol. The molecule has 14 heavy (non-hydrogen) atoms. The van der Waals surface area contributed by atoms with Crippen molar-refractivity contribution in [3.8, 4) is 0 Å². The summed E-state index contributed by atoms with van der Waals surface area (Å²) < 4.78 is 40.2. The topological polar surface area (TPSA) is 26.3 Å². The van der Waals surface area contributed by atoms with Crippen LogP contribution in [-0.2, 0) is 10.4 Å². The molecule has 0 radical (unpaired) electrons. The second-order valence-corrected chi connectivity index (χ2v) is 2.64. The monoisotopic (exact) mass is 222 g/mol. The average Bonchev–Trinajstić information content (AvgIpc) is 2.15. The number of benzene rings is 1. The van der Waals surface area contributed by atoms with Crippen molar-refractivity contribution in [1.29, 1.82) is 0 Å². The van der Waals surface area contributed by atoms with Crippen molar-refractivity contribution in [1.82, 2.24) is 0 Å². The summed E-state index contributed by atoms with van der Waals surface area (Å²) in [6.45, 7) is 0. The molecule has 1 aromatic carbocycles. The number of carbonyl (C=O) groups is 1. The Morgan fingerprint density at radius 1 is 1.21 bits per heavy atom. The smallest absolute Gasteiger partial charge is 0.391 e. The third kappa shape index (κ3) is 2.41. The van der Waals surface area contributed by atoms with Crippen LogP contribution in [-0.4, -0.2) is 5.97 Å². The van der Waals surface area contributed by atoms with Crippen molar-refractivity contribution >= 4 is 18.9 Å². The summed E-state index contributed by atoms with van der Waals surface area (Å²) in [5, 5.41) is 0. The molecule has 76 valence electrons. The Morgan fingerprint density at radius 3 is 2.07 bits per heavy atom. The molecular formula is C8H5F3O2S. The van der Waals surface area contributed by atoms with Crippen molar-refractivity contribution in [2.75, 3.05) is 0 Å². The zero-order chi connectivity index (χ0) is 10.8. The summed E-state index contributed by atoms with van der Waals surface area (Å²) in [6, 6.07) is 3.67. The molecule has 0 fully saturated rings. The van der Waals surface area contributed by atoms with E-state index in [2.05, 4.69) is 17.1 Å². The summed E-state index contributed by atoms with van der Waals surface area (Å²) >= 11 is 3.24. The van der Waals surface area contributed by atoms with Crippen molar-refractivity contribution in [2.45, 2.75) is 6.18 Å². The van der Waals surface area contributed by atoms with Gasteiger partial charge in [0.1, 0.15) is 0 Å². The van der Waals surface area contributed by atoms with Crippen LogP contribution in [0, 0.1) is 0 Å². The number of carbonyl (C=O) groups excluding carboxylic acids is 1. The molecule has 0 aliphatic heterocycles. The normalized spacial score (nSPS) is 11.1. The number of thiol groups is 1. The SMILES string of the molecule is O=C(OS)c1ccc(C(F)(F)F)cc1. The molecule has 0 aromatic heterocycles. The number of alkyl halides is 3. The van der Waals surface area contributed by atoms with Crippen LogP contribution in [0.15, 0.2) is 24.3 Å². The standard InChI is InChI=1S/C8H5F3O2S/c9-8(10,11)6-3-1-5(2-4-6)7(12)13-14/h1-4,14H. The molecule has 1 aromatic rings. The third-order valence-electron chi connectivity index (χ3n) is 1.53. The van der Waals surface area contributed by atoms with Gasteiger partial charge < -0.3 is 4.18 Å². The Hall–Kier alpha value is -1.17. The Kier molecular flexibility index (Phi) is 3.05. The van der Waals surface area contributed by atoms with Gasteiger partial charge >= 0.3 is 12.1 Å². The Bertz CT molecular complexity index is 331. The fourth-order valence-corrected chi connectivity index (χ4v) is 0.953. The lowest BCUT2D eigenvalue weighted by Gasteiger charge is -2.06. The maximum Gasteiger partial charge on any atom is 0.416 e. The maximum absolute atomic E-state index is 12.1. The first kappa shape index (κ1) is 10.9. The fraction of sp³-hybridized carbons (Fsp3) is 0.125. The molecule has 0 spiro atoms. The molecule has 0 atom stereocenters. The van der Waals surface area contributed by atoms with E-state index >= 15 is 0 Å². The highest BCUT2D eigenvalue weighted by atomic mass is 32.1. The van der Waals surface area contributed by atoms with Gasteiger partial charge in [-0.15, -0.1) is 0 Å². The highest BCUT2D eigenvalue weighted by Crippen LogP contribution is 2.29. The van der Waals surface area contributed by atoms with E-state index in [0.717, 1.165) is 24.3 Å². The van der Waals surface area contributed by atoms with E-state index in [1.807, 2.05) is 0 Å². The molecule has 0 N–H and O–H groups in total. The molecule has 0 bridgehead atoms. The average molecular weight is 222 g/mol. The largest absolute Gasteiger partial charge is 0.416 e. The minimum absolute atomic E-state index is 0.0213. The van der Waals surface area contributed by atoms with Gasteiger partial charge in [-0.2, -0.15) is 13.2 Å². The summed E-state index contributed by atoms with van der Waals surface area (Å²) in [5.41, 5.74) is -0.791. The highest BCUT2D eigenvalue weighted by molar-refractivity contribution is 7.75. The summed E-state index contributed by atoms with van der Waals surface area (Å²) in [7, 11) is 0. The van der Waals surface area contributed by atoms with E-state index in [1.54, 1.807) is 0 Å². The van der Waals surface area contributed by atoms with Crippen LogP contribution in [0.1, 0.15) is 15.9 Å². The van der Waals surface area contributed by atoms with Crippen molar-refractivity contribution in [3.63, 3.8) is 0 Å². The quantitative estimate of drug-likeness (QED) is 0.584. The van der Waals surface area contributed by atoms with Crippen molar-refractivity contribution in [3.05, 3.63) is 35.4 Å². The number of rotatable bonds is 1. The van der Waals surface area contributed by atoms with Crippen LogP contribution in [0.3, 0.4) is 0 Å². The van der Waals surface area contributed by atoms with E-state index in [4.69, 9.17) is 0 Å². The molecule has 0 amide bonds. The van der Waals surface area contributed by atoms with Crippen LogP contribution in [0.2, 0.25) is 0 Å². The number of hydrogen-bond donors (Lipinski definition) is 1. The van der Waals surface area contributed by atoms with Crippen LogP contribution in [0.25, 0.3) is 0 Å². The first-order chi connectivity index (χ1) is 6.45. The second-order valence-electron chi connectivity index (χ2n) is 2.45. The predicted molar refractivity (Wildman–Crippen MR) is 45.8 cm³/mol. The Morgan fingerprint density at radius 2 is 1.71 bits per heavy atom. The van der Waals surface area contributed by atoms with Crippen LogP contribution >= 0.6 is 12.9 Å². The molecule has 0 aliphatic rings. The molecule has 0 saturated carbocycles. The second kappa shape index (κ2) is 3.91. The lowest BCUT2D eigenvalue weighted by atomic mass is 10.1. The Balaban J connectivity index is 2.95. The predicted octanol–water partition coefficient (Wildman–Crippen LogP) is 2.71. The van der Waals surface area contributed by atoms with Gasteiger partial charge in [-0.1, -0.05) is 0 Å². The van der Waals surface area contributed by atoms with E-state index in [-0.39, 0.29) is 5.56 Å². The van der Waals surface area contributed by atoms with E-state index in [9.17, 15) is 18.0 Å². The molecule has 1 rings (SSSR count). The van der Waals surface area contributed by atoms with Crippen molar-refractivity contribution < 1.29 is 22.1 Å². The van der Waals surface area contributed by atoms with Gasteiger partial charge in [0, 0.05) is 12.9 Å². The van der Waals surface area contributed by atoms with Gasteiger partial charge in [-0.25, -0.2) is 4.79 Å². The Labute approximate surface area is 83.3 Å². The summed E-state index contributed by atoms with van der Waals surface area (Å²) in [5.74, 6) is -0.790. The lowest BCUT2D eigenvalue weighted by Crippen LogP contribution is -2.05. The zero-order valence-corrected chi connectivity index (χ0v) is 7.60. The molecule has 6 heteroatoms. The van der Waals surface area contributed by atoms with Gasteiger partial charge in [0.25, 0.3) is 0 Å². The summed E-state index contributed by atoms with van der Waals surface area (Å²) in [4.78, 5) is 10.8. The van der Waals surface area contributed by atoms with Gasteiger partial charge in [0.05, 0.1) is 11.1 Å². The highest BCUT2D eigenvalue weighted by Gasteiger charge is 2.30. The first-order valence-electron chi connectivity index (χ1n) is 3.48. The number of halogens is 3. The lowest BCUT2D eigenvalue weighted by molar-refractivity contribution is -0.137. The van der Waals surface area contributed by atoms with Gasteiger partial charge in [0.2, 0.25) is 0 Å². The minimum Gasteiger partial charge on any atom is -0.391 e. The first-order valence-corrected chi connectivity index (χ1v) is 3.84. The van der Waals surface area contributed by atoms with Gasteiger partial charge in [-0.3, -0.25) is 0 Å². The third-order valence-corrected chi connectivity index (χ3v) is 1.70.